The van der Waals surface area contributed by atoms with Gasteiger partial charge in [-0.15, -0.1) is 0 Å². The number of unbranched alkanes of at least 4 members (excludes halogenated alkanes) is 2. The Hall–Kier alpha value is -2.09. The summed E-state index contributed by atoms with van der Waals surface area (Å²) in [5.74, 6) is -0.541. The highest BCUT2D eigenvalue weighted by Crippen LogP contribution is 2.41. The molecule has 0 radical (unpaired) electrons. The molecular weight excluding hydrogens is 337 g/mol. The Morgan fingerprint density at radius 2 is 1.96 bits per heavy atom. The maximum Gasteiger partial charge on any atom is 0.438 e. The number of nitrogens with zero attached hydrogens (tertiary/aromatic N) is 2. The van der Waals surface area contributed by atoms with E-state index in [4.69, 9.17) is 4.74 Å². The SMILES string of the molecule is CCCCCC1=NN(C(=O)c2ccc(OC)cc2)[C@](O)(C(F)(F)F)C1. The first-order chi connectivity index (χ1) is 11.7. The van der Waals surface area contributed by atoms with Gasteiger partial charge in [0.15, 0.2) is 0 Å². The van der Waals surface area contributed by atoms with Crippen LogP contribution in [0.1, 0.15) is 49.4 Å². The molecule has 138 valence electrons. The number of hydrogen-bond acceptors (Lipinski definition) is 4. The highest BCUT2D eigenvalue weighted by Gasteiger charge is 2.63. The van der Waals surface area contributed by atoms with Crippen LogP contribution in [0.2, 0.25) is 0 Å². The molecule has 0 saturated heterocycles. The molecule has 0 aromatic heterocycles. The molecule has 0 spiro atoms. The number of halogens is 3. The summed E-state index contributed by atoms with van der Waals surface area (Å²) in [6, 6.07) is 5.59. The van der Waals surface area contributed by atoms with E-state index >= 15 is 0 Å². The van der Waals surface area contributed by atoms with E-state index < -0.39 is 24.2 Å². The van der Waals surface area contributed by atoms with Crippen molar-refractivity contribution in [3.8, 4) is 5.75 Å². The number of rotatable bonds is 6. The molecular formula is C17H21F3N2O3. The lowest BCUT2D eigenvalue weighted by molar-refractivity contribution is -0.297. The molecule has 0 unspecified atom stereocenters. The van der Waals surface area contributed by atoms with Gasteiger partial charge in [0.1, 0.15) is 5.75 Å². The standard InChI is InChI=1S/C17H21F3N2O3/c1-3-4-5-6-13-11-16(24,17(18,19)20)22(21-13)15(23)12-7-9-14(25-2)10-8-12/h7-10,24H,3-6,11H2,1-2H3/t16-/m1/s1. The molecule has 0 aliphatic carbocycles. The lowest BCUT2D eigenvalue weighted by atomic mass is 10.0. The van der Waals surface area contributed by atoms with E-state index in [9.17, 15) is 23.1 Å². The van der Waals surface area contributed by atoms with E-state index in [2.05, 4.69) is 5.10 Å². The number of methoxy groups -OCH3 is 1. The zero-order valence-corrected chi connectivity index (χ0v) is 14.1. The predicted octanol–water partition coefficient (Wildman–Crippen LogP) is 3.73. The molecule has 25 heavy (non-hydrogen) atoms. The van der Waals surface area contributed by atoms with Crippen LogP contribution in [0.25, 0.3) is 0 Å². The van der Waals surface area contributed by atoms with Crippen molar-refractivity contribution in [3.05, 3.63) is 29.8 Å². The van der Waals surface area contributed by atoms with Crippen LogP contribution in [0.3, 0.4) is 0 Å². The van der Waals surface area contributed by atoms with Gasteiger partial charge in [0.2, 0.25) is 0 Å². The molecule has 8 heteroatoms. The van der Waals surface area contributed by atoms with Gasteiger partial charge < -0.3 is 9.84 Å². The average Bonchev–Trinajstić information content (AvgIpc) is 2.92. The smallest absolute Gasteiger partial charge is 0.438 e. The van der Waals surface area contributed by atoms with Crippen molar-refractivity contribution in [3.63, 3.8) is 0 Å². The molecule has 0 saturated carbocycles. The van der Waals surface area contributed by atoms with Crippen LogP contribution < -0.4 is 4.74 Å². The summed E-state index contributed by atoms with van der Waals surface area (Å²) in [6.45, 7) is 1.97. The first-order valence-electron chi connectivity index (χ1n) is 8.07. The van der Waals surface area contributed by atoms with Gasteiger partial charge in [-0.3, -0.25) is 4.79 Å². The third kappa shape index (κ3) is 3.95. The molecule has 2 rings (SSSR count). The topological polar surface area (TPSA) is 62.1 Å². The van der Waals surface area contributed by atoms with Gasteiger partial charge in [0.05, 0.1) is 7.11 Å². The van der Waals surface area contributed by atoms with E-state index in [1.165, 1.54) is 31.4 Å². The van der Waals surface area contributed by atoms with Gasteiger partial charge in [0.25, 0.3) is 11.6 Å². The van der Waals surface area contributed by atoms with Crippen LogP contribution in [-0.4, -0.2) is 40.7 Å². The molecule has 1 heterocycles. The Morgan fingerprint density at radius 3 is 2.48 bits per heavy atom. The fraction of sp³-hybridized carbons (Fsp3) is 0.529. The van der Waals surface area contributed by atoms with Gasteiger partial charge in [0, 0.05) is 17.7 Å². The first kappa shape index (κ1) is 19.2. The molecule has 1 amide bonds. The second kappa shape index (κ2) is 7.43. The quantitative estimate of drug-likeness (QED) is 0.788. The summed E-state index contributed by atoms with van der Waals surface area (Å²) in [5.41, 5.74) is -3.15. The Kier molecular flexibility index (Phi) is 5.72. The van der Waals surface area contributed by atoms with E-state index in [1.807, 2.05) is 6.92 Å². The number of aliphatic hydroxyl groups is 1. The van der Waals surface area contributed by atoms with Crippen LogP contribution in [0.5, 0.6) is 5.75 Å². The van der Waals surface area contributed by atoms with Crippen LogP contribution in [0.4, 0.5) is 13.2 Å². The fourth-order valence-electron chi connectivity index (χ4n) is 2.63. The van der Waals surface area contributed by atoms with Crippen molar-refractivity contribution in [2.24, 2.45) is 5.10 Å². The van der Waals surface area contributed by atoms with Gasteiger partial charge in [-0.1, -0.05) is 19.8 Å². The molecule has 1 aliphatic rings. The number of benzene rings is 1. The summed E-state index contributed by atoms with van der Waals surface area (Å²) >= 11 is 0. The van der Waals surface area contributed by atoms with Crippen molar-refractivity contribution in [2.45, 2.75) is 50.9 Å². The van der Waals surface area contributed by atoms with E-state index in [0.29, 0.717) is 18.6 Å². The Bertz CT molecular complexity index is 644. The van der Waals surface area contributed by atoms with E-state index in [0.717, 1.165) is 12.8 Å². The van der Waals surface area contributed by atoms with E-state index in [1.54, 1.807) is 0 Å². The zero-order chi connectivity index (χ0) is 18.7. The minimum Gasteiger partial charge on any atom is -0.497 e. The van der Waals surface area contributed by atoms with Crippen molar-refractivity contribution in [1.29, 1.82) is 0 Å². The van der Waals surface area contributed by atoms with Crippen molar-refractivity contribution >= 4 is 11.6 Å². The first-order valence-corrected chi connectivity index (χ1v) is 8.07. The van der Waals surface area contributed by atoms with Crippen LogP contribution >= 0.6 is 0 Å². The van der Waals surface area contributed by atoms with E-state index in [-0.39, 0.29) is 16.3 Å². The van der Waals surface area contributed by atoms with Crippen molar-refractivity contribution in [1.82, 2.24) is 5.01 Å². The fourth-order valence-corrected chi connectivity index (χ4v) is 2.63. The Morgan fingerprint density at radius 1 is 1.32 bits per heavy atom. The number of carbonyl (C=O) groups is 1. The minimum absolute atomic E-state index is 0.0120. The number of hydrogen-bond donors (Lipinski definition) is 1. The molecule has 1 aliphatic heterocycles. The average molecular weight is 358 g/mol. The third-order valence-electron chi connectivity index (χ3n) is 4.09. The molecule has 0 fully saturated rings. The van der Waals surface area contributed by atoms with Crippen LogP contribution in [-0.2, 0) is 0 Å². The van der Waals surface area contributed by atoms with Crippen LogP contribution in [0, 0.1) is 0 Å². The van der Waals surface area contributed by atoms with Crippen molar-refractivity contribution < 1.29 is 27.8 Å². The number of carbonyl (C=O) groups excluding carboxylic acids is 1. The highest BCUT2D eigenvalue weighted by molar-refractivity contribution is 5.98. The molecule has 1 N–H and O–H groups in total. The number of amides is 1. The maximum atomic E-state index is 13.4. The number of hydrazone groups is 1. The molecule has 1 aromatic rings. The van der Waals surface area contributed by atoms with Gasteiger partial charge in [-0.2, -0.15) is 23.3 Å². The van der Waals surface area contributed by atoms with Gasteiger partial charge in [-0.05, 0) is 37.1 Å². The summed E-state index contributed by atoms with van der Waals surface area (Å²) in [7, 11) is 1.44. The molecule has 0 bridgehead atoms. The highest BCUT2D eigenvalue weighted by atomic mass is 19.4. The number of ether oxygens (including phenoxy) is 1. The maximum absolute atomic E-state index is 13.4. The Balaban J connectivity index is 2.29. The molecule has 1 aromatic carbocycles. The second-order valence-corrected chi connectivity index (χ2v) is 5.96. The monoisotopic (exact) mass is 358 g/mol. The summed E-state index contributed by atoms with van der Waals surface area (Å²) in [6.07, 6.45) is -3.00. The lowest BCUT2D eigenvalue weighted by Gasteiger charge is -2.32. The lowest BCUT2D eigenvalue weighted by Crippen LogP contribution is -2.56. The predicted molar refractivity (Wildman–Crippen MR) is 86.4 cm³/mol. The zero-order valence-electron chi connectivity index (χ0n) is 14.1. The second-order valence-electron chi connectivity index (χ2n) is 5.96. The summed E-state index contributed by atoms with van der Waals surface area (Å²) < 4.78 is 45.2. The molecule has 5 nitrogen and oxygen atoms in total. The number of alkyl halides is 3. The van der Waals surface area contributed by atoms with Crippen LogP contribution in [0.15, 0.2) is 29.4 Å². The largest absolute Gasteiger partial charge is 0.497 e. The third-order valence-corrected chi connectivity index (χ3v) is 4.09. The summed E-state index contributed by atoms with van der Waals surface area (Å²) in [4.78, 5) is 12.5. The van der Waals surface area contributed by atoms with Gasteiger partial charge >= 0.3 is 6.18 Å². The summed E-state index contributed by atoms with van der Waals surface area (Å²) in [5, 5.41) is 14.1. The molecule has 1 atom stereocenters. The Labute approximate surface area is 144 Å². The van der Waals surface area contributed by atoms with Crippen molar-refractivity contribution in [2.75, 3.05) is 7.11 Å². The van der Waals surface area contributed by atoms with Gasteiger partial charge in [-0.25, -0.2) is 0 Å². The minimum atomic E-state index is -5.01. The normalized spacial score (nSPS) is 20.6.